The summed E-state index contributed by atoms with van der Waals surface area (Å²) in [5, 5.41) is 13.4. The van der Waals surface area contributed by atoms with Crippen molar-refractivity contribution < 1.29 is 5.21 Å². The molecule has 1 aliphatic rings. The topological polar surface area (TPSA) is 35.6 Å². The van der Waals surface area contributed by atoms with E-state index in [0.717, 1.165) is 6.54 Å². The van der Waals surface area contributed by atoms with Gasteiger partial charge in [-0.3, -0.25) is 0 Å². The van der Waals surface area contributed by atoms with E-state index in [1.807, 2.05) is 4.90 Å². The first-order chi connectivity index (χ1) is 7.45. The molecule has 0 atom stereocenters. The molecular formula is C11H12Cl2N2O. The monoisotopic (exact) mass is 258 g/mol. The van der Waals surface area contributed by atoms with Crippen molar-refractivity contribution >= 4 is 29.0 Å². The predicted molar refractivity (Wildman–Crippen MR) is 65.6 cm³/mol. The second-order valence-corrected chi connectivity index (χ2v) is 5.29. The zero-order valence-electron chi connectivity index (χ0n) is 9.04. The molecule has 0 radical (unpaired) electrons. The van der Waals surface area contributed by atoms with Gasteiger partial charge in [0, 0.05) is 17.1 Å². The van der Waals surface area contributed by atoms with Gasteiger partial charge in [0.15, 0.2) is 5.84 Å². The van der Waals surface area contributed by atoms with Crippen molar-refractivity contribution in [3.05, 3.63) is 33.8 Å². The average molecular weight is 259 g/mol. The number of benzene rings is 1. The molecule has 0 bridgehead atoms. The highest BCUT2D eigenvalue weighted by atomic mass is 35.5. The summed E-state index contributed by atoms with van der Waals surface area (Å²) in [4.78, 5) is 1.97. The molecule has 2 rings (SSSR count). The van der Waals surface area contributed by atoms with Crippen LogP contribution in [-0.2, 0) is 0 Å². The smallest absolute Gasteiger partial charge is 0.177 e. The van der Waals surface area contributed by atoms with Gasteiger partial charge in [-0.05, 0) is 32.0 Å². The van der Waals surface area contributed by atoms with E-state index in [1.165, 1.54) is 0 Å². The number of hydrogen-bond acceptors (Lipinski definition) is 2. The molecule has 1 fully saturated rings. The standard InChI is InChI=1S/C11H12Cl2N2O/c1-11(2)6-15(11)10(14-16)8-4-3-7(12)5-9(8)13/h3-5,16H,6H2,1-2H3/b14-10-. The summed E-state index contributed by atoms with van der Waals surface area (Å²) in [6, 6.07) is 5.12. The Kier molecular flexibility index (Phi) is 2.76. The van der Waals surface area contributed by atoms with E-state index >= 15 is 0 Å². The lowest BCUT2D eigenvalue weighted by Gasteiger charge is -2.12. The SMILES string of the molecule is CC1(C)CN1/C(=N\O)c1ccc(Cl)cc1Cl. The van der Waals surface area contributed by atoms with Gasteiger partial charge in [0.1, 0.15) is 0 Å². The average Bonchev–Trinajstić information content (AvgIpc) is 2.80. The van der Waals surface area contributed by atoms with Crippen molar-refractivity contribution in [1.29, 1.82) is 0 Å². The Morgan fingerprint density at radius 2 is 2.06 bits per heavy atom. The Morgan fingerprint density at radius 1 is 1.44 bits per heavy atom. The Bertz CT molecular complexity index is 457. The predicted octanol–water partition coefficient (Wildman–Crippen LogP) is 3.22. The van der Waals surface area contributed by atoms with Crippen molar-refractivity contribution in [3.8, 4) is 0 Å². The van der Waals surface area contributed by atoms with E-state index in [0.29, 0.717) is 21.4 Å². The first kappa shape index (κ1) is 11.6. The highest BCUT2D eigenvalue weighted by Crippen LogP contribution is 2.35. The molecule has 0 unspecified atom stereocenters. The van der Waals surface area contributed by atoms with Crippen molar-refractivity contribution in [2.24, 2.45) is 5.16 Å². The van der Waals surface area contributed by atoms with Gasteiger partial charge in [0.05, 0.1) is 10.6 Å². The summed E-state index contributed by atoms with van der Waals surface area (Å²) >= 11 is 11.9. The summed E-state index contributed by atoms with van der Waals surface area (Å²) in [6.07, 6.45) is 0. The number of rotatable bonds is 1. The highest BCUT2D eigenvalue weighted by molar-refractivity contribution is 6.37. The fourth-order valence-electron chi connectivity index (χ4n) is 1.64. The molecule has 1 heterocycles. The Balaban J connectivity index is 2.36. The molecule has 1 aromatic carbocycles. The van der Waals surface area contributed by atoms with Gasteiger partial charge in [0.25, 0.3) is 0 Å². The molecule has 0 amide bonds. The second kappa shape index (κ2) is 3.82. The summed E-state index contributed by atoms with van der Waals surface area (Å²) in [7, 11) is 0. The van der Waals surface area contributed by atoms with E-state index in [1.54, 1.807) is 18.2 Å². The number of hydrogen-bond donors (Lipinski definition) is 1. The minimum absolute atomic E-state index is 0.0323. The molecule has 0 spiro atoms. The van der Waals surface area contributed by atoms with Crippen LogP contribution < -0.4 is 0 Å². The van der Waals surface area contributed by atoms with Crippen LogP contribution in [-0.4, -0.2) is 28.0 Å². The van der Waals surface area contributed by atoms with Crippen LogP contribution >= 0.6 is 23.2 Å². The highest BCUT2D eigenvalue weighted by Gasteiger charge is 2.46. The van der Waals surface area contributed by atoms with Crippen LogP contribution in [0.15, 0.2) is 23.4 Å². The summed E-state index contributed by atoms with van der Waals surface area (Å²) in [5.74, 6) is 0.492. The maximum atomic E-state index is 9.07. The van der Waals surface area contributed by atoms with Gasteiger partial charge in [0.2, 0.25) is 0 Å². The summed E-state index contributed by atoms with van der Waals surface area (Å²) in [6.45, 7) is 5.00. The molecule has 0 aromatic heterocycles. The van der Waals surface area contributed by atoms with E-state index in [9.17, 15) is 0 Å². The first-order valence-corrected chi connectivity index (χ1v) is 5.66. The molecule has 1 saturated heterocycles. The fraction of sp³-hybridized carbons (Fsp3) is 0.364. The first-order valence-electron chi connectivity index (χ1n) is 4.91. The number of oxime groups is 1. The van der Waals surface area contributed by atoms with Crippen LogP contribution in [0.4, 0.5) is 0 Å². The molecule has 3 nitrogen and oxygen atoms in total. The third kappa shape index (κ3) is 1.97. The minimum atomic E-state index is 0.0323. The van der Waals surface area contributed by atoms with Crippen LogP contribution in [0.2, 0.25) is 10.0 Å². The second-order valence-electron chi connectivity index (χ2n) is 4.45. The number of halogens is 2. The molecule has 0 saturated carbocycles. The van der Waals surface area contributed by atoms with E-state index in [4.69, 9.17) is 28.4 Å². The van der Waals surface area contributed by atoms with Crippen molar-refractivity contribution in [3.63, 3.8) is 0 Å². The van der Waals surface area contributed by atoms with E-state index in [2.05, 4.69) is 19.0 Å². The maximum absolute atomic E-state index is 9.07. The zero-order chi connectivity index (χ0) is 11.9. The van der Waals surface area contributed by atoms with Crippen LogP contribution in [0, 0.1) is 0 Å². The van der Waals surface area contributed by atoms with Crippen LogP contribution in [0.1, 0.15) is 19.4 Å². The molecule has 1 aliphatic heterocycles. The van der Waals surface area contributed by atoms with Crippen LogP contribution in [0.5, 0.6) is 0 Å². The van der Waals surface area contributed by atoms with E-state index < -0.39 is 0 Å². The van der Waals surface area contributed by atoms with Crippen LogP contribution in [0.3, 0.4) is 0 Å². The van der Waals surface area contributed by atoms with Gasteiger partial charge < -0.3 is 10.1 Å². The van der Waals surface area contributed by atoms with Crippen molar-refractivity contribution in [2.45, 2.75) is 19.4 Å². The molecular weight excluding hydrogens is 247 g/mol. The van der Waals surface area contributed by atoms with Gasteiger partial charge >= 0.3 is 0 Å². The molecule has 1 aromatic rings. The largest absolute Gasteiger partial charge is 0.409 e. The third-order valence-corrected chi connectivity index (χ3v) is 3.24. The Labute approximate surface area is 104 Å². The Hall–Kier alpha value is -0.930. The van der Waals surface area contributed by atoms with Crippen molar-refractivity contribution in [1.82, 2.24) is 4.90 Å². The van der Waals surface area contributed by atoms with Crippen LogP contribution in [0.25, 0.3) is 0 Å². The zero-order valence-corrected chi connectivity index (χ0v) is 10.5. The maximum Gasteiger partial charge on any atom is 0.177 e. The molecule has 0 aliphatic carbocycles. The van der Waals surface area contributed by atoms with Gasteiger partial charge in [-0.2, -0.15) is 0 Å². The quantitative estimate of drug-likeness (QED) is 0.276. The third-order valence-electron chi connectivity index (χ3n) is 2.69. The van der Waals surface area contributed by atoms with Gasteiger partial charge in [-0.1, -0.05) is 28.4 Å². The normalized spacial score (nSPS) is 18.8. The number of amidine groups is 1. The Morgan fingerprint density at radius 3 is 2.50 bits per heavy atom. The lowest BCUT2D eigenvalue weighted by molar-refractivity contribution is 0.312. The van der Waals surface area contributed by atoms with Gasteiger partial charge in [-0.25, -0.2) is 0 Å². The molecule has 1 N–H and O–H groups in total. The number of nitrogens with zero attached hydrogens (tertiary/aromatic N) is 2. The lowest BCUT2D eigenvalue weighted by atomic mass is 10.2. The minimum Gasteiger partial charge on any atom is -0.409 e. The fourth-order valence-corrected chi connectivity index (χ4v) is 2.13. The lowest BCUT2D eigenvalue weighted by Crippen LogP contribution is -2.19. The molecule has 5 heteroatoms. The summed E-state index contributed by atoms with van der Waals surface area (Å²) in [5.41, 5.74) is 0.726. The molecule has 86 valence electrons. The summed E-state index contributed by atoms with van der Waals surface area (Å²) < 4.78 is 0. The van der Waals surface area contributed by atoms with Crippen molar-refractivity contribution in [2.75, 3.05) is 6.54 Å². The van der Waals surface area contributed by atoms with E-state index in [-0.39, 0.29) is 5.54 Å². The molecule has 16 heavy (non-hydrogen) atoms. The van der Waals surface area contributed by atoms with Gasteiger partial charge in [-0.15, -0.1) is 0 Å².